The minimum atomic E-state index is -0.535. The third-order valence-electron chi connectivity index (χ3n) is 4.99. The van der Waals surface area contributed by atoms with E-state index < -0.39 is 11.7 Å². The van der Waals surface area contributed by atoms with Crippen LogP contribution < -0.4 is 5.32 Å². The number of ether oxygens (including phenoxy) is 1. The van der Waals surface area contributed by atoms with E-state index in [2.05, 4.69) is 26.0 Å². The predicted octanol–water partition coefficient (Wildman–Crippen LogP) is 4.03. The summed E-state index contributed by atoms with van der Waals surface area (Å²) < 4.78 is 7.46. The number of hydrogen-bond acceptors (Lipinski definition) is 5. The molecule has 3 aromatic rings. The lowest BCUT2D eigenvalue weighted by atomic mass is 10.1. The zero-order chi connectivity index (χ0) is 21.3. The molecule has 2 aromatic heterocycles. The standard InChI is InChI=1S/C23H28N4O3/c1-23(2,3)30-22(29)24-12-16-5-4-6-17(11-16)20-18-9-10-27(13-15-7-8-15)21(18)26-19(14-28)25-20/h4-6,9-11,15,28H,7-8,12-14H2,1-3H3,(H,24,29). The number of rotatable bonds is 6. The molecular weight excluding hydrogens is 380 g/mol. The molecule has 0 bridgehead atoms. The minimum absolute atomic E-state index is 0.211. The first-order valence-electron chi connectivity index (χ1n) is 10.3. The highest BCUT2D eigenvalue weighted by molar-refractivity contribution is 5.91. The van der Waals surface area contributed by atoms with Crippen LogP contribution in [0.15, 0.2) is 36.5 Å². The number of carbonyl (C=O) groups excluding carboxylic acids is 1. The number of nitrogens with one attached hydrogen (secondary N) is 1. The van der Waals surface area contributed by atoms with Gasteiger partial charge in [-0.25, -0.2) is 14.8 Å². The average Bonchev–Trinajstić information content (AvgIpc) is 3.43. The maximum absolute atomic E-state index is 12.0. The largest absolute Gasteiger partial charge is 0.444 e. The van der Waals surface area contributed by atoms with Crippen LogP contribution in [0.2, 0.25) is 0 Å². The van der Waals surface area contributed by atoms with E-state index in [0.717, 1.165) is 40.3 Å². The van der Waals surface area contributed by atoms with Crippen LogP contribution in [0.3, 0.4) is 0 Å². The second-order valence-corrected chi connectivity index (χ2v) is 8.85. The fourth-order valence-electron chi connectivity index (χ4n) is 3.44. The normalized spacial score (nSPS) is 14.1. The second kappa shape index (κ2) is 8.07. The fourth-order valence-corrected chi connectivity index (χ4v) is 3.44. The maximum atomic E-state index is 12.0. The molecule has 30 heavy (non-hydrogen) atoms. The van der Waals surface area contributed by atoms with Crippen molar-refractivity contribution in [2.45, 2.75) is 58.9 Å². The Morgan fingerprint density at radius 2 is 2.07 bits per heavy atom. The third kappa shape index (κ3) is 4.79. The van der Waals surface area contributed by atoms with Gasteiger partial charge < -0.3 is 19.7 Å². The predicted molar refractivity (Wildman–Crippen MR) is 115 cm³/mol. The first kappa shape index (κ1) is 20.3. The number of fused-ring (bicyclic) bond motifs is 1. The Bertz CT molecular complexity index is 1060. The van der Waals surface area contributed by atoms with Gasteiger partial charge >= 0.3 is 6.09 Å². The molecule has 2 heterocycles. The average molecular weight is 409 g/mol. The van der Waals surface area contributed by atoms with Gasteiger partial charge in [-0.2, -0.15) is 0 Å². The third-order valence-corrected chi connectivity index (χ3v) is 4.99. The van der Waals surface area contributed by atoms with E-state index in [-0.39, 0.29) is 6.61 Å². The second-order valence-electron chi connectivity index (χ2n) is 8.85. The molecule has 7 heteroatoms. The van der Waals surface area contributed by atoms with Gasteiger partial charge in [0.25, 0.3) is 0 Å². The van der Waals surface area contributed by atoms with Crippen molar-refractivity contribution >= 4 is 17.1 Å². The van der Waals surface area contributed by atoms with Crippen LogP contribution >= 0.6 is 0 Å². The van der Waals surface area contributed by atoms with Crippen molar-refractivity contribution in [1.82, 2.24) is 19.9 Å². The van der Waals surface area contributed by atoms with Crippen molar-refractivity contribution in [2.75, 3.05) is 0 Å². The van der Waals surface area contributed by atoms with Gasteiger partial charge in [-0.05, 0) is 57.2 Å². The van der Waals surface area contributed by atoms with Crippen LogP contribution in [0.4, 0.5) is 4.79 Å². The Morgan fingerprint density at radius 3 is 2.77 bits per heavy atom. The molecule has 158 valence electrons. The van der Waals surface area contributed by atoms with E-state index in [1.165, 1.54) is 12.8 Å². The zero-order valence-electron chi connectivity index (χ0n) is 17.7. The number of aliphatic hydroxyl groups is 1. The summed E-state index contributed by atoms with van der Waals surface area (Å²) in [6, 6.07) is 9.91. The van der Waals surface area contributed by atoms with E-state index in [9.17, 15) is 9.90 Å². The topological polar surface area (TPSA) is 89.3 Å². The van der Waals surface area contributed by atoms with E-state index in [1.807, 2.05) is 51.1 Å². The van der Waals surface area contributed by atoms with Crippen molar-refractivity contribution in [3.8, 4) is 11.3 Å². The molecule has 1 saturated carbocycles. The number of hydrogen-bond donors (Lipinski definition) is 2. The molecule has 1 aliphatic carbocycles. The van der Waals surface area contributed by atoms with Gasteiger partial charge in [-0.1, -0.05) is 18.2 Å². The van der Waals surface area contributed by atoms with E-state index in [4.69, 9.17) is 4.74 Å². The van der Waals surface area contributed by atoms with Crippen molar-refractivity contribution in [1.29, 1.82) is 0 Å². The van der Waals surface area contributed by atoms with Crippen LogP contribution in [0.1, 0.15) is 45.0 Å². The van der Waals surface area contributed by atoms with Crippen molar-refractivity contribution in [2.24, 2.45) is 5.92 Å². The zero-order valence-corrected chi connectivity index (χ0v) is 17.7. The summed E-state index contributed by atoms with van der Waals surface area (Å²) in [7, 11) is 0. The van der Waals surface area contributed by atoms with Crippen LogP contribution in [-0.2, 0) is 24.4 Å². The highest BCUT2D eigenvalue weighted by Gasteiger charge is 2.23. The monoisotopic (exact) mass is 408 g/mol. The summed E-state index contributed by atoms with van der Waals surface area (Å²) in [5.74, 6) is 1.13. The van der Waals surface area contributed by atoms with Gasteiger partial charge in [-0.3, -0.25) is 0 Å². The quantitative estimate of drug-likeness (QED) is 0.643. The number of amides is 1. The van der Waals surface area contributed by atoms with Gasteiger partial charge in [0, 0.05) is 30.2 Å². The van der Waals surface area contributed by atoms with E-state index in [1.54, 1.807) is 0 Å². The van der Waals surface area contributed by atoms with Gasteiger partial charge in [0.15, 0.2) is 5.82 Å². The molecule has 1 amide bonds. The summed E-state index contributed by atoms with van der Waals surface area (Å²) in [6.45, 7) is 6.60. The molecule has 1 aromatic carbocycles. The molecule has 1 fully saturated rings. The van der Waals surface area contributed by atoms with Gasteiger partial charge in [0.05, 0.1) is 5.69 Å². The number of nitrogens with zero attached hydrogens (tertiary/aromatic N) is 3. The molecule has 0 saturated heterocycles. The van der Waals surface area contributed by atoms with Gasteiger partial charge in [-0.15, -0.1) is 0 Å². The molecule has 4 rings (SSSR count). The van der Waals surface area contributed by atoms with Gasteiger partial charge in [0.1, 0.15) is 17.9 Å². The number of aliphatic hydroxyl groups excluding tert-OH is 1. The molecule has 1 aliphatic rings. The van der Waals surface area contributed by atoms with Crippen LogP contribution in [-0.4, -0.2) is 31.3 Å². The van der Waals surface area contributed by atoms with Crippen LogP contribution in [0.5, 0.6) is 0 Å². The summed E-state index contributed by atoms with van der Waals surface area (Å²) in [4.78, 5) is 21.1. The number of carbonyl (C=O) groups is 1. The van der Waals surface area contributed by atoms with Crippen molar-refractivity contribution in [3.05, 3.63) is 47.9 Å². The molecule has 0 aliphatic heterocycles. The molecule has 0 radical (unpaired) electrons. The first-order valence-corrected chi connectivity index (χ1v) is 10.3. The van der Waals surface area contributed by atoms with E-state index in [0.29, 0.717) is 12.4 Å². The van der Waals surface area contributed by atoms with Crippen LogP contribution in [0, 0.1) is 5.92 Å². The SMILES string of the molecule is CC(C)(C)OC(=O)NCc1cccc(-c2nc(CO)nc3c2ccn3CC2CC2)c1. The fraction of sp³-hybridized carbons (Fsp3) is 0.435. The summed E-state index contributed by atoms with van der Waals surface area (Å²) in [5.41, 5.74) is 2.97. The Hall–Kier alpha value is -2.93. The Morgan fingerprint density at radius 1 is 1.27 bits per heavy atom. The number of benzene rings is 1. The highest BCUT2D eigenvalue weighted by Crippen LogP contribution is 2.33. The maximum Gasteiger partial charge on any atom is 0.407 e. The van der Waals surface area contributed by atoms with Gasteiger partial charge in [0.2, 0.25) is 0 Å². The Balaban J connectivity index is 1.61. The number of alkyl carbamates (subject to hydrolysis) is 1. The molecular formula is C23H28N4O3. The smallest absolute Gasteiger partial charge is 0.407 e. The lowest BCUT2D eigenvalue weighted by Crippen LogP contribution is -2.32. The van der Waals surface area contributed by atoms with E-state index >= 15 is 0 Å². The highest BCUT2D eigenvalue weighted by atomic mass is 16.6. The number of aromatic nitrogens is 3. The minimum Gasteiger partial charge on any atom is -0.444 e. The first-order chi connectivity index (χ1) is 14.3. The molecule has 0 spiro atoms. The molecule has 7 nitrogen and oxygen atoms in total. The molecule has 0 unspecified atom stereocenters. The Kier molecular flexibility index (Phi) is 5.47. The summed E-state index contributed by atoms with van der Waals surface area (Å²) in [5, 5.41) is 13.4. The Labute approximate surface area is 176 Å². The van der Waals surface area contributed by atoms with Crippen LogP contribution in [0.25, 0.3) is 22.3 Å². The molecule has 0 atom stereocenters. The summed E-state index contributed by atoms with van der Waals surface area (Å²) >= 11 is 0. The van der Waals surface area contributed by atoms with Crippen molar-refractivity contribution < 1.29 is 14.6 Å². The lowest BCUT2D eigenvalue weighted by molar-refractivity contribution is 0.0523. The lowest BCUT2D eigenvalue weighted by Gasteiger charge is -2.19. The summed E-state index contributed by atoms with van der Waals surface area (Å²) in [6.07, 6.45) is 4.13. The van der Waals surface area contributed by atoms with Crippen molar-refractivity contribution in [3.63, 3.8) is 0 Å². The molecule has 2 N–H and O–H groups in total.